The van der Waals surface area contributed by atoms with Gasteiger partial charge in [0, 0.05) is 19.3 Å². The van der Waals surface area contributed by atoms with E-state index in [0.717, 1.165) is 89.9 Å². The number of esters is 3. The maximum Gasteiger partial charge on any atom is 0.306 e. The van der Waals surface area contributed by atoms with E-state index in [1.807, 2.05) is 0 Å². The first-order valence-corrected chi connectivity index (χ1v) is 31.9. The average Bonchev–Trinajstić information content (AvgIpc) is 3.40. The van der Waals surface area contributed by atoms with E-state index in [-0.39, 0.29) is 31.1 Å². The third-order valence-electron chi connectivity index (χ3n) is 13.9. The molecule has 0 radical (unpaired) electrons. The molecule has 6 nitrogen and oxygen atoms in total. The van der Waals surface area contributed by atoms with Gasteiger partial charge in [-0.15, -0.1) is 0 Å². The van der Waals surface area contributed by atoms with Gasteiger partial charge >= 0.3 is 17.9 Å². The molecule has 0 fully saturated rings. The van der Waals surface area contributed by atoms with E-state index in [1.165, 1.54) is 193 Å². The fourth-order valence-electron chi connectivity index (χ4n) is 9.17. The Labute approximate surface area is 459 Å². The molecule has 0 aromatic heterocycles. The fraction of sp³-hybridized carbons (Fsp3) is 0.779. The molecular formula is C68H120O6. The van der Waals surface area contributed by atoms with Crippen LogP contribution < -0.4 is 0 Å². The molecule has 428 valence electrons. The van der Waals surface area contributed by atoms with Gasteiger partial charge in [-0.1, -0.05) is 286 Å². The van der Waals surface area contributed by atoms with Crippen LogP contribution in [0.2, 0.25) is 0 Å². The first kappa shape index (κ1) is 70.8. The summed E-state index contributed by atoms with van der Waals surface area (Å²) in [5.41, 5.74) is 0. The highest BCUT2D eigenvalue weighted by Crippen LogP contribution is 2.17. The van der Waals surface area contributed by atoms with Gasteiger partial charge in [0.25, 0.3) is 0 Å². The lowest BCUT2D eigenvalue weighted by atomic mass is 10.0. The molecule has 6 heteroatoms. The van der Waals surface area contributed by atoms with Crippen LogP contribution >= 0.6 is 0 Å². The predicted molar refractivity (Wildman–Crippen MR) is 321 cm³/mol. The van der Waals surface area contributed by atoms with Crippen molar-refractivity contribution in [3.05, 3.63) is 72.9 Å². The molecule has 0 rings (SSSR count). The van der Waals surface area contributed by atoms with Crippen LogP contribution in [0.1, 0.15) is 323 Å². The number of ether oxygens (including phenoxy) is 3. The molecule has 0 aliphatic rings. The summed E-state index contributed by atoms with van der Waals surface area (Å²) in [5, 5.41) is 0. The zero-order chi connectivity index (χ0) is 53.6. The van der Waals surface area contributed by atoms with Crippen molar-refractivity contribution in [3.8, 4) is 0 Å². The van der Waals surface area contributed by atoms with Gasteiger partial charge in [0.1, 0.15) is 13.2 Å². The molecule has 74 heavy (non-hydrogen) atoms. The van der Waals surface area contributed by atoms with E-state index in [0.29, 0.717) is 19.3 Å². The number of unbranched alkanes of at least 4 members (excludes halogenated alkanes) is 35. The average molecular weight is 1030 g/mol. The Morgan fingerprint density at radius 3 is 0.824 bits per heavy atom. The van der Waals surface area contributed by atoms with Crippen LogP contribution in [0.5, 0.6) is 0 Å². The molecule has 0 aliphatic heterocycles. The normalized spacial score (nSPS) is 12.5. The van der Waals surface area contributed by atoms with Gasteiger partial charge in [-0.3, -0.25) is 14.4 Å². The van der Waals surface area contributed by atoms with Crippen molar-refractivity contribution in [3.63, 3.8) is 0 Å². The Bertz CT molecular complexity index is 1370. The van der Waals surface area contributed by atoms with E-state index in [4.69, 9.17) is 14.2 Å². The highest BCUT2D eigenvalue weighted by atomic mass is 16.6. The summed E-state index contributed by atoms with van der Waals surface area (Å²) in [5.74, 6) is -0.872. The molecule has 0 amide bonds. The molecule has 1 atom stereocenters. The molecule has 0 aromatic carbocycles. The van der Waals surface area contributed by atoms with Crippen LogP contribution in [0.3, 0.4) is 0 Å². The number of hydrogen-bond donors (Lipinski definition) is 0. The number of carbonyl (C=O) groups is 3. The van der Waals surface area contributed by atoms with Gasteiger partial charge in [-0.25, -0.2) is 0 Å². The van der Waals surface area contributed by atoms with Crippen molar-refractivity contribution in [1.29, 1.82) is 0 Å². The molecule has 0 N–H and O–H groups in total. The third-order valence-corrected chi connectivity index (χ3v) is 13.9. The molecular weight excluding hydrogens is 913 g/mol. The Morgan fingerprint density at radius 1 is 0.284 bits per heavy atom. The zero-order valence-electron chi connectivity index (χ0n) is 49.1. The minimum atomic E-state index is -0.773. The SMILES string of the molecule is CC/C=C\C/C=C\C/C=C\C/C=C\CCCCCCCCCCCCCCCCC(=O)OCC(COC(=O)CCCCCCCC)OC(=O)CCCCCCCCCCCCC/C=C\C/C=C\CCCCCCC. The van der Waals surface area contributed by atoms with Crippen LogP contribution in [-0.2, 0) is 28.6 Å². The smallest absolute Gasteiger partial charge is 0.306 e. The van der Waals surface area contributed by atoms with Crippen molar-refractivity contribution in [2.75, 3.05) is 13.2 Å². The first-order valence-electron chi connectivity index (χ1n) is 31.9. The predicted octanol–water partition coefficient (Wildman–Crippen LogP) is 21.7. The lowest BCUT2D eigenvalue weighted by Crippen LogP contribution is -2.30. The van der Waals surface area contributed by atoms with E-state index in [2.05, 4.69) is 93.7 Å². The maximum atomic E-state index is 12.8. The maximum absolute atomic E-state index is 12.8. The summed E-state index contributed by atoms with van der Waals surface area (Å²) in [4.78, 5) is 38.0. The third kappa shape index (κ3) is 59.7. The van der Waals surface area contributed by atoms with E-state index in [1.54, 1.807) is 0 Å². The van der Waals surface area contributed by atoms with Gasteiger partial charge in [0.2, 0.25) is 0 Å². The number of hydrogen-bond acceptors (Lipinski definition) is 6. The molecule has 0 aromatic rings. The summed E-state index contributed by atoms with van der Waals surface area (Å²) in [6.45, 7) is 6.49. The van der Waals surface area contributed by atoms with Crippen molar-refractivity contribution in [2.45, 2.75) is 329 Å². The van der Waals surface area contributed by atoms with Crippen LogP contribution in [0.4, 0.5) is 0 Å². The molecule has 0 spiro atoms. The second-order valence-corrected chi connectivity index (χ2v) is 21.3. The molecule has 0 saturated carbocycles. The van der Waals surface area contributed by atoms with Crippen LogP contribution in [-0.4, -0.2) is 37.2 Å². The van der Waals surface area contributed by atoms with Crippen molar-refractivity contribution in [1.82, 2.24) is 0 Å². The highest BCUT2D eigenvalue weighted by molar-refractivity contribution is 5.71. The monoisotopic (exact) mass is 1030 g/mol. The summed E-state index contributed by atoms with van der Waals surface area (Å²) >= 11 is 0. The quantitative estimate of drug-likeness (QED) is 0.0261. The number of rotatable bonds is 58. The zero-order valence-corrected chi connectivity index (χ0v) is 49.1. The minimum absolute atomic E-state index is 0.0736. The fourth-order valence-corrected chi connectivity index (χ4v) is 9.17. The first-order chi connectivity index (χ1) is 36.5. The van der Waals surface area contributed by atoms with Gasteiger partial charge in [0.15, 0.2) is 6.10 Å². The second kappa shape index (κ2) is 62.4. The van der Waals surface area contributed by atoms with Crippen LogP contribution in [0.25, 0.3) is 0 Å². The van der Waals surface area contributed by atoms with Crippen molar-refractivity contribution < 1.29 is 28.6 Å². The summed E-state index contributed by atoms with van der Waals surface area (Å²) < 4.78 is 16.8. The summed E-state index contributed by atoms with van der Waals surface area (Å²) in [6, 6.07) is 0. The topological polar surface area (TPSA) is 78.9 Å². The van der Waals surface area contributed by atoms with E-state index >= 15 is 0 Å². The Morgan fingerprint density at radius 2 is 0.527 bits per heavy atom. The molecule has 0 saturated heterocycles. The van der Waals surface area contributed by atoms with E-state index in [9.17, 15) is 14.4 Å². The van der Waals surface area contributed by atoms with Crippen molar-refractivity contribution in [2.24, 2.45) is 0 Å². The van der Waals surface area contributed by atoms with Crippen LogP contribution in [0.15, 0.2) is 72.9 Å². The summed E-state index contributed by atoms with van der Waals surface area (Å²) in [7, 11) is 0. The molecule has 0 heterocycles. The van der Waals surface area contributed by atoms with Gasteiger partial charge < -0.3 is 14.2 Å². The number of carbonyl (C=O) groups excluding carboxylic acids is 3. The summed E-state index contributed by atoms with van der Waals surface area (Å²) in [6.07, 6.45) is 80.9. The molecule has 0 aliphatic carbocycles. The highest BCUT2D eigenvalue weighted by Gasteiger charge is 2.19. The van der Waals surface area contributed by atoms with Gasteiger partial charge in [-0.05, 0) is 89.9 Å². The van der Waals surface area contributed by atoms with Crippen molar-refractivity contribution >= 4 is 17.9 Å². The van der Waals surface area contributed by atoms with E-state index < -0.39 is 6.10 Å². The van der Waals surface area contributed by atoms with Gasteiger partial charge in [0.05, 0.1) is 0 Å². The lowest BCUT2D eigenvalue weighted by molar-refractivity contribution is -0.167. The Kier molecular flexibility index (Phi) is 59.7. The van der Waals surface area contributed by atoms with Crippen LogP contribution in [0, 0.1) is 0 Å². The standard InChI is InChI=1S/C68H120O6/c1-4-7-10-13-16-18-20-22-24-26-28-30-32-33-34-35-37-38-40-42-44-46-48-50-52-55-58-61-67(70)73-64-65(63-72-66(69)60-57-54-15-12-9-6-3)74-68(71)62-59-56-53-51-49-47-45-43-41-39-36-31-29-27-25-23-21-19-17-14-11-8-5-2/h7,10,16,18,21-24,27-30,65H,4-6,8-9,11-15,17,19-20,25-26,31-64H2,1-3H3/b10-7-,18-16-,23-21-,24-22-,29-27-,30-28-. The largest absolute Gasteiger partial charge is 0.462 e. The minimum Gasteiger partial charge on any atom is -0.462 e. The Balaban J connectivity index is 4.06. The number of allylic oxidation sites excluding steroid dienone is 12. The Hall–Kier alpha value is -3.15. The van der Waals surface area contributed by atoms with Gasteiger partial charge in [-0.2, -0.15) is 0 Å². The second-order valence-electron chi connectivity index (χ2n) is 21.3. The molecule has 1 unspecified atom stereocenters. The molecule has 0 bridgehead atoms. The lowest BCUT2D eigenvalue weighted by Gasteiger charge is -2.18.